The molecule has 26 heavy (non-hydrogen) atoms. The Morgan fingerprint density at radius 3 is 2.65 bits per heavy atom. The summed E-state index contributed by atoms with van der Waals surface area (Å²) < 4.78 is 5.44. The lowest BCUT2D eigenvalue weighted by molar-refractivity contribution is 0.425. The molecule has 0 bridgehead atoms. The number of rotatable bonds is 4. The maximum atomic E-state index is 5.91. The molecule has 128 valence electrons. The summed E-state index contributed by atoms with van der Waals surface area (Å²) in [5, 5.41) is 4.15. The first kappa shape index (κ1) is 15.8. The normalized spacial score (nSPS) is 10.8. The molecular weight excluding hydrogens is 326 g/mol. The second-order valence-corrected chi connectivity index (χ2v) is 5.94. The molecule has 3 aromatic heterocycles. The summed E-state index contributed by atoms with van der Waals surface area (Å²) in [6.45, 7) is 0. The maximum absolute atomic E-state index is 5.91. The minimum Gasteiger partial charge on any atom is -0.384 e. The van der Waals surface area contributed by atoms with Crippen molar-refractivity contribution < 1.29 is 4.52 Å². The Morgan fingerprint density at radius 2 is 1.85 bits per heavy atom. The van der Waals surface area contributed by atoms with Crippen molar-refractivity contribution in [1.82, 2.24) is 15.1 Å². The zero-order valence-electron chi connectivity index (χ0n) is 14.0. The number of pyridine rings is 2. The van der Waals surface area contributed by atoms with Crippen LogP contribution in [0.25, 0.3) is 22.6 Å². The summed E-state index contributed by atoms with van der Waals surface area (Å²) in [6.07, 6.45) is 2.43. The highest BCUT2D eigenvalue weighted by Gasteiger charge is 2.12. The van der Waals surface area contributed by atoms with Crippen molar-refractivity contribution in [3.8, 4) is 22.6 Å². The van der Waals surface area contributed by atoms with Crippen LogP contribution in [0.15, 0.2) is 71.4 Å². The number of aromatic nitrogens is 3. The Labute approximate surface area is 150 Å². The first-order valence-electron chi connectivity index (χ1n) is 8.17. The summed E-state index contributed by atoms with van der Waals surface area (Å²) in [7, 11) is 0. The highest BCUT2D eigenvalue weighted by Crippen LogP contribution is 2.27. The monoisotopic (exact) mass is 343 g/mol. The number of hydrogen-bond donors (Lipinski definition) is 2. The van der Waals surface area contributed by atoms with E-state index in [1.165, 1.54) is 0 Å². The van der Waals surface area contributed by atoms with Gasteiger partial charge in [-0.2, -0.15) is 0 Å². The minimum atomic E-state index is 0.324. The molecule has 0 aliphatic heterocycles. The van der Waals surface area contributed by atoms with Crippen molar-refractivity contribution in [2.45, 2.75) is 6.42 Å². The van der Waals surface area contributed by atoms with Crippen molar-refractivity contribution in [2.75, 3.05) is 11.5 Å². The van der Waals surface area contributed by atoms with Crippen LogP contribution >= 0.6 is 0 Å². The van der Waals surface area contributed by atoms with Crippen molar-refractivity contribution >= 4 is 11.6 Å². The molecule has 0 saturated carbocycles. The fourth-order valence-electron chi connectivity index (χ4n) is 2.80. The van der Waals surface area contributed by atoms with E-state index in [1.807, 2.05) is 36.4 Å². The standard InChI is InChI=1S/C20H17N5O/c21-19-8-7-16(20(22)24-19)18-12-15(25-26-18)11-13-4-3-5-14(10-13)17-6-1-2-9-23-17/h1-10,12H,11H2,(H4,21,22,24). The van der Waals surface area contributed by atoms with Gasteiger partial charge in [-0.1, -0.05) is 29.4 Å². The molecule has 4 aromatic rings. The molecule has 0 fully saturated rings. The minimum absolute atomic E-state index is 0.324. The molecule has 0 spiro atoms. The SMILES string of the molecule is Nc1ccc(-c2cc(Cc3cccc(-c4ccccn4)c3)no2)c(N)n1. The molecular formula is C20H17N5O. The van der Waals surface area contributed by atoms with Crippen LogP contribution in [0.1, 0.15) is 11.3 Å². The molecule has 0 amide bonds. The summed E-state index contributed by atoms with van der Waals surface area (Å²) in [5.41, 5.74) is 16.2. The van der Waals surface area contributed by atoms with Gasteiger partial charge in [0.1, 0.15) is 11.6 Å². The lowest BCUT2D eigenvalue weighted by Gasteiger charge is -2.03. The molecule has 1 aromatic carbocycles. The molecule has 3 heterocycles. The van der Waals surface area contributed by atoms with Gasteiger partial charge in [0.2, 0.25) is 0 Å². The molecule has 0 unspecified atom stereocenters. The highest BCUT2D eigenvalue weighted by molar-refractivity contribution is 5.71. The van der Waals surface area contributed by atoms with Crippen LogP contribution in [0, 0.1) is 0 Å². The smallest absolute Gasteiger partial charge is 0.170 e. The zero-order valence-corrected chi connectivity index (χ0v) is 14.0. The van der Waals surface area contributed by atoms with Crippen molar-refractivity contribution in [1.29, 1.82) is 0 Å². The van der Waals surface area contributed by atoms with Gasteiger partial charge in [-0.25, -0.2) is 4.98 Å². The van der Waals surface area contributed by atoms with E-state index in [9.17, 15) is 0 Å². The first-order chi connectivity index (χ1) is 12.7. The van der Waals surface area contributed by atoms with E-state index in [2.05, 4.69) is 27.3 Å². The van der Waals surface area contributed by atoms with Gasteiger partial charge < -0.3 is 16.0 Å². The fraction of sp³-hybridized carbons (Fsp3) is 0.0500. The van der Waals surface area contributed by atoms with Crippen LogP contribution in [0.2, 0.25) is 0 Å². The van der Waals surface area contributed by atoms with Gasteiger partial charge >= 0.3 is 0 Å². The van der Waals surface area contributed by atoms with Gasteiger partial charge in [0.15, 0.2) is 5.76 Å². The Morgan fingerprint density at radius 1 is 0.923 bits per heavy atom. The Balaban J connectivity index is 1.58. The molecule has 0 radical (unpaired) electrons. The van der Waals surface area contributed by atoms with E-state index in [4.69, 9.17) is 16.0 Å². The van der Waals surface area contributed by atoms with Gasteiger partial charge in [0, 0.05) is 24.2 Å². The molecule has 0 atom stereocenters. The first-order valence-corrected chi connectivity index (χ1v) is 8.17. The topological polar surface area (TPSA) is 104 Å². The number of nitrogen functional groups attached to an aromatic ring is 2. The Kier molecular flexibility index (Phi) is 4.07. The van der Waals surface area contributed by atoms with Crippen molar-refractivity contribution in [3.05, 3.63) is 78.1 Å². The molecule has 6 heteroatoms. The zero-order chi connectivity index (χ0) is 17.9. The van der Waals surface area contributed by atoms with E-state index in [-0.39, 0.29) is 0 Å². The Bertz CT molecular complexity index is 1040. The average Bonchev–Trinajstić information content (AvgIpc) is 3.11. The van der Waals surface area contributed by atoms with Gasteiger partial charge in [-0.05, 0) is 35.9 Å². The third-order valence-electron chi connectivity index (χ3n) is 4.04. The predicted octanol–water partition coefficient (Wildman–Crippen LogP) is 3.55. The van der Waals surface area contributed by atoms with Gasteiger partial charge in [0.25, 0.3) is 0 Å². The van der Waals surface area contributed by atoms with Crippen molar-refractivity contribution in [3.63, 3.8) is 0 Å². The molecule has 4 rings (SSSR count). The van der Waals surface area contributed by atoms with Crippen LogP contribution in [0.4, 0.5) is 11.6 Å². The van der Waals surface area contributed by atoms with Crippen LogP contribution < -0.4 is 11.5 Å². The maximum Gasteiger partial charge on any atom is 0.170 e. The lowest BCUT2D eigenvalue weighted by atomic mass is 10.0. The third-order valence-corrected chi connectivity index (χ3v) is 4.04. The average molecular weight is 343 g/mol. The number of anilines is 2. The molecule has 0 aliphatic carbocycles. The molecule has 6 nitrogen and oxygen atoms in total. The summed E-state index contributed by atoms with van der Waals surface area (Å²) in [4.78, 5) is 8.44. The summed E-state index contributed by atoms with van der Waals surface area (Å²) >= 11 is 0. The van der Waals surface area contributed by atoms with E-state index in [1.54, 1.807) is 18.3 Å². The van der Waals surface area contributed by atoms with Gasteiger partial charge in [0.05, 0.1) is 17.0 Å². The van der Waals surface area contributed by atoms with Gasteiger partial charge in [-0.3, -0.25) is 4.98 Å². The number of benzene rings is 1. The van der Waals surface area contributed by atoms with E-state index in [0.717, 1.165) is 22.5 Å². The second kappa shape index (κ2) is 6.68. The van der Waals surface area contributed by atoms with Crippen LogP contribution in [-0.4, -0.2) is 15.1 Å². The quantitative estimate of drug-likeness (QED) is 0.587. The van der Waals surface area contributed by atoms with E-state index < -0.39 is 0 Å². The predicted molar refractivity (Wildman–Crippen MR) is 101 cm³/mol. The van der Waals surface area contributed by atoms with Crippen LogP contribution in [0.5, 0.6) is 0 Å². The highest BCUT2D eigenvalue weighted by atomic mass is 16.5. The van der Waals surface area contributed by atoms with Crippen LogP contribution in [0.3, 0.4) is 0 Å². The largest absolute Gasteiger partial charge is 0.384 e. The second-order valence-electron chi connectivity index (χ2n) is 5.94. The Hall–Kier alpha value is -3.67. The number of nitrogens with two attached hydrogens (primary N) is 2. The van der Waals surface area contributed by atoms with E-state index >= 15 is 0 Å². The molecule has 4 N–H and O–H groups in total. The third kappa shape index (κ3) is 3.25. The van der Waals surface area contributed by atoms with Crippen LogP contribution in [-0.2, 0) is 6.42 Å². The fourth-order valence-corrected chi connectivity index (χ4v) is 2.80. The molecule has 0 aliphatic rings. The number of nitrogens with zero attached hydrogens (tertiary/aromatic N) is 3. The van der Waals surface area contributed by atoms with Gasteiger partial charge in [-0.15, -0.1) is 0 Å². The summed E-state index contributed by atoms with van der Waals surface area (Å²) in [5.74, 6) is 1.27. The number of hydrogen-bond acceptors (Lipinski definition) is 6. The van der Waals surface area contributed by atoms with E-state index in [0.29, 0.717) is 29.4 Å². The van der Waals surface area contributed by atoms with Crippen molar-refractivity contribution in [2.24, 2.45) is 0 Å². The molecule has 0 saturated heterocycles. The lowest BCUT2D eigenvalue weighted by Crippen LogP contribution is -1.97. The summed E-state index contributed by atoms with van der Waals surface area (Å²) in [6, 6.07) is 19.4.